The summed E-state index contributed by atoms with van der Waals surface area (Å²) in [6, 6.07) is 1.10. The molecule has 2 aliphatic rings. The molecule has 3 unspecified atom stereocenters. The van der Waals surface area contributed by atoms with Gasteiger partial charge in [0.25, 0.3) is 0 Å². The van der Waals surface area contributed by atoms with Crippen LogP contribution in [-0.2, 0) is 0 Å². The molecule has 2 rings (SSSR count). The van der Waals surface area contributed by atoms with E-state index in [1.165, 1.54) is 58.0 Å². The molecule has 2 nitrogen and oxygen atoms in total. The summed E-state index contributed by atoms with van der Waals surface area (Å²) in [5, 5.41) is 0. The first-order valence-corrected chi connectivity index (χ1v) is 8.01. The Balaban J connectivity index is 1.90. The fourth-order valence-corrected chi connectivity index (χ4v) is 3.81. The van der Waals surface area contributed by atoms with Gasteiger partial charge in [-0.15, -0.1) is 0 Å². The van der Waals surface area contributed by atoms with Crippen LogP contribution in [0.5, 0.6) is 0 Å². The van der Waals surface area contributed by atoms with E-state index in [1.54, 1.807) is 0 Å². The van der Waals surface area contributed by atoms with E-state index in [-0.39, 0.29) is 0 Å². The summed E-state index contributed by atoms with van der Waals surface area (Å²) < 4.78 is 0. The minimum Gasteiger partial charge on any atom is -0.326 e. The van der Waals surface area contributed by atoms with Crippen LogP contribution in [0.3, 0.4) is 0 Å². The standard InChI is InChI=1S/C16H32N2/c1-4-5-13-6-7-14(17)15(12-13)18-10-8-16(2,3)9-11-18/h13-15H,4-12,17H2,1-3H3. The van der Waals surface area contributed by atoms with Crippen LogP contribution in [0.25, 0.3) is 0 Å². The maximum absolute atomic E-state index is 6.39. The maximum Gasteiger partial charge on any atom is 0.0249 e. The monoisotopic (exact) mass is 252 g/mol. The van der Waals surface area contributed by atoms with Gasteiger partial charge in [0.15, 0.2) is 0 Å². The molecule has 3 atom stereocenters. The Morgan fingerprint density at radius 1 is 1.17 bits per heavy atom. The van der Waals surface area contributed by atoms with E-state index in [1.807, 2.05) is 0 Å². The largest absolute Gasteiger partial charge is 0.326 e. The fraction of sp³-hybridized carbons (Fsp3) is 1.00. The molecule has 0 radical (unpaired) electrons. The fourth-order valence-electron chi connectivity index (χ4n) is 3.81. The van der Waals surface area contributed by atoms with E-state index >= 15 is 0 Å². The lowest BCUT2D eigenvalue weighted by atomic mass is 9.77. The van der Waals surface area contributed by atoms with Gasteiger partial charge in [-0.2, -0.15) is 0 Å². The van der Waals surface area contributed by atoms with Crippen molar-refractivity contribution in [3.8, 4) is 0 Å². The average molecular weight is 252 g/mol. The summed E-state index contributed by atoms with van der Waals surface area (Å²) >= 11 is 0. The van der Waals surface area contributed by atoms with Crippen LogP contribution < -0.4 is 5.73 Å². The van der Waals surface area contributed by atoms with Crippen molar-refractivity contribution < 1.29 is 0 Å². The van der Waals surface area contributed by atoms with Crippen molar-refractivity contribution in [3.05, 3.63) is 0 Å². The zero-order valence-electron chi connectivity index (χ0n) is 12.6. The molecule has 2 N–H and O–H groups in total. The summed E-state index contributed by atoms with van der Waals surface area (Å²) in [6.45, 7) is 9.66. The number of likely N-dealkylation sites (tertiary alicyclic amines) is 1. The molecule has 0 spiro atoms. The second-order valence-electron chi connectivity index (χ2n) is 7.40. The first kappa shape index (κ1) is 14.3. The second kappa shape index (κ2) is 5.92. The summed E-state index contributed by atoms with van der Waals surface area (Å²) in [5.41, 5.74) is 6.95. The molecule has 2 heteroatoms. The van der Waals surface area contributed by atoms with Crippen molar-refractivity contribution in [2.45, 2.75) is 77.8 Å². The number of nitrogens with two attached hydrogens (primary N) is 1. The Bertz CT molecular complexity index is 252. The predicted octanol–water partition coefficient (Wildman–Crippen LogP) is 3.40. The third kappa shape index (κ3) is 3.48. The van der Waals surface area contributed by atoms with Crippen LogP contribution in [-0.4, -0.2) is 30.1 Å². The van der Waals surface area contributed by atoms with Gasteiger partial charge in [-0.3, -0.25) is 4.90 Å². The predicted molar refractivity (Wildman–Crippen MR) is 78.6 cm³/mol. The molecule has 0 amide bonds. The molecule has 2 fully saturated rings. The van der Waals surface area contributed by atoms with Crippen molar-refractivity contribution in [1.82, 2.24) is 4.90 Å². The van der Waals surface area contributed by atoms with E-state index < -0.39 is 0 Å². The van der Waals surface area contributed by atoms with Crippen LogP contribution >= 0.6 is 0 Å². The van der Waals surface area contributed by atoms with Gasteiger partial charge in [-0.25, -0.2) is 0 Å². The van der Waals surface area contributed by atoms with Gasteiger partial charge in [-0.05, 0) is 56.5 Å². The van der Waals surface area contributed by atoms with Crippen LogP contribution in [0, 0.1) is 11.3 Å². The first-order chi connectivity index (χ1) is 8.52. The topological polar surface area (TPSA) is 29.3 Å². The van der Waals surface area contributed by atoms with Crippen molar-refractivity contribution in [1.29, 1.82) is 0 Å². The van der Waals surface area contributed by atoms with Gasteiger partial charge in [0.05, 0.1) is 0 Å². The van der Waals surface area contributed by atoms with Crippen LogP contribution in [0.15, 0.2) is 0 Å². The molecule has 106 valence electrons. The summed E-state index contributed by atoms with van der Waals surface area (Å²) in [5.74, 6) is 0.940. The lowest BCUT2D eigenvalue weighted by Crippen LogP contribution is -2.54. The highest BCUT2D eigenvalue weighted by Gasteiger charge is 2.35. The zero-order chi connectivity index (χ0) is 13.2. The highest BCUT2D eigenvalue weighted by molar-refractivity contribution is 4.92. The molecule has 0 aromatic rings. The lowest BCUT2D eigenvalue weighted by molar-refractivity contribution is 0.0520. The quantitative estimate of drug-likeness (QED) is 0.834. The molecule has 0 bridgehead atoms. The van der Waals surface area contributed by atoms with Crippen LogP contribution in [0.2, 0.25) is 0 Å². The van der Waals surface area contributed by atoms with Crippen LogP contribution in [0.1, 0.15) is 65.7 Å². The number of piperidine rings is 1. The molecule has 18 heavy (non-hydrogen) atoms. The van der Waals surface area contributed by atoms with Gasteiger partial charge < -0.3 is 5.73 Å². The van der Waals surface area contributed by atoms with Gasteiger partial charge in [0, 0.05) is 12.1 Å². The van der Waals surface area contributed by atoms with Gasteiger partial charge in [-0.1, -0.05) is 33.6 Å². The molecule has 1 aliphatic carbocycles. The summed E-state index contributed by atoms with van der Waals surface area (Å²) in [6.07, 6.45) is 9.39. The zero-order valence-corrected chi connectivity index (χ0v) is 12.6. The van der Waals surface area contributed by atoms with Crippen molar-refractivity contribution >= 4 is 0 Å². The number of hydrogen-bond acceptors (Lipinski definition) is 2. The number of rotatable bonds is 3. The molecular formula is C16H32N2. The van der Waals surface area contributed by atoms with E-state index in [0.29, 0.717) is 17.5 Å². The van der Waals surface area contributed by atoms with Crippen LogP contribution in [0.4, 0.5) is 0 Å². The Morgan fingerprint density at radius 3 is 2.44 bits per heavy atom. The Morgan fingerprint density at radius 2 is 1.83 bits per heavy atom. The highest BCUT2D eigenvalue weighted by atomic mass is 15.2. The molecular weight excluding hydrogens is 220 g/mol. The molecule has 0 aromatic carbocycles. The van der Waals surface area contributed by atoms with E-state index in [4.69, 9.17) is 5.73 Å². The van der Waals surface area contributed by atoms with Gasteiger partial charge >= 0.3 is 0 Å². The van der Waals surface area contributed by atoms with Crippen molar-refractivity contribution in [2.75, 3.05) is 13.1 Å². The molecule has 0 aromatic heterocycles. The number of nitrogens with zero attached hydrogens (tertiary/aromatic N) is 1. The molecule has 1 saturated heterocycles. The minimum absolute atomic E-state index is 0.430. The first-order valence-electron chi connectivity index (χ1n) is 8.01. The van der Waals surface area contributed by atoms with E-state index in [9.17, 15) is 0 Å². The average Bonchev–Trinajstić information content (AvgIpc) is 2.32. The van der Waals surface area contributed by atoms with Gasteiger partial charge in [0.2, 0.25) is 0 Å². The van der Waals surface area contributed by atoms with Crippen molar-refractivity contribution in [3.63, 3.8) is 0 Å². The summed E-state index contributed by atoms with van der Waals surface area (Å²) in [7, 11) is 0. The molecule has 1 aliphatic heterocycles. The Hall–Kier alpha value is -0.0800. The summed E-state index contributed by atoms with van der Waals surface area (Å²) in [4.78, 5) is 2.71. The van der Waals surface area contributed by atoms with E-state index in [2.05, 4.69) is 25.7 Å². The second-order valence-corrected chi connectivity index (χ2v) is 7.40. The van der Waals surface area contributed by atoms with Gasteiger partial charge in [0.1, 0.15) is 0 Å². The minimum atomic E-state index is 0.430. The maximum atomic E-state index is 6.39. The Kier molecular flexibility index (Phi) is 4.71. The molecule has 1 saturated carbocycles. The van der Waals surface area contributed by atoms with Crippen molar-refractivity contribution in [2.24, 2.45) is 17.1 Å². The molecule has 1 heterocycles. The lowest BCUT2D eigenvalue weighted by Gasteiger charge is -2.46. The smallest absolute Gasteiger partial charge is 0.0249 e. The third-order valence-electron chi connectivity index (χ3n) is 5.29. The third-order valence-corrected chi connectivity index (χ3v) is 5.29. The number of hydrogen-bond donors (Lipinski definition) is 1. The normalized spacial score (nSPS) is 37.7. The Labute approximate surface area is 113 Å². The van der Waals surface area contributed by atoms with E-state index in [0.717, 1.165) is 5.92 Å². The SMILES string of the molecule is CCCC1CCC(N)C(N2CCC(C)(C)CC2)C1. The highest BCUT2D eigenvalue weighted by Crippen LogP contribution is 2.35.